The molecule has 1 aliphatic carbocycles. The Bertz CT molecular complexity index is 556. The van der Waals surface area contributed by atoms with Gasteiger partial charge in [0.2, 0.25) is 5.95 Å². The van der Waals surface area contributed by atoms with Gasteiger partial charge in [-0.05, 0) is 30.4 Å². The van der Waals surface area contributed by atoms with Crippen molar-refractivity contribution < 1.29 is 4.39 Å². The maximum absolute atomic E-state index is 13.0. The second-order valence-corrected chi connectivity index (χ2v) is 4.58. The normalized spacial score (nSPS) is 18.2. The molecule has 1 atom stereocenters. The van der Waals surface area contributed by atoms with Gasteiger partial charge in [-0.1, -0.05) is 24.3 Å². The minimum Gasteiger partial charge on any atom is -0.367 e. The van der Waals surface area contributed by atoms with Crippen LogP contribution in [0.15, 0.2) is 36.7 Å². The van der Waals surface area contributed by atoms with Crippen LogP contribution in [-0.4, -0.2) is 16.0 Å². The first-order valence-electron chi connectivity index (χ1n) is 6.12. The van der Waals surface area contributed by atoms with E-state index in [1.165, 1.54) is 23.5 Å². The van der Waals surface area contributed by atoms with Crippen LogP contribution in [0.3, 0.4) is 0 Å². The molecule has 0 amide bonds. The third-order valence-electron chi connectivity index (χ3n) is 3.33. The number of hydrogen-bond donors (Lipinski definition) is 1. The summed E-state index contributed by atoms with van der Waals surface area (Å²) in [4.78, 5) is 7.48. The van der Waals surface area contributed by atoms with Crippen LogP contribution in [0, 0.1) is 5.95 Å². The number of aromatic nitrogens is 2. The zero-order valence-electron chi connectivity index (χ0n) is 9.94. The molecular weight excluding hydrogens is 229 g/mol. The highest BCUT2D eigenvalue weighted by molar-refractivity contribution is 5.37. The molecule has 1 N–H and O–H groups in total. The molecule has 1 heterocycles. The largest absolute Gasteiger partial charge is 0.367 e. The fourth-order valence-corrected chi connectivity index (χ4v) is 2.44. The van der Waals surface area contributed by atoms with Crippen molar-refractivity contribution in [2.45, 2.75) is 25.3 Å². The number of hydrogen-bond acceptors (Lipinski definition) is 3. The molecule has 3 rings (SSSR count). The standard InChI is InChI=1S/C14H14FN3/c15-13-8-14(17-9-16-13)18-12-6-5-10-3-1-2-4-11(10)7-12/h1-4,8-9,12H,5-7H2,(H,16,17,18). The lowest BCUT2D eigenvalue weighted by molar-refractivity contribution is 0.575. The second-order valence-electron chi connectivity index (χ2n) is 4.58. The van der Waals surface area contributed by atoms with Gasteiger partial charge in [0, 0.05) is 12.1 Å². The number of nitrogens with one attached hydrogen (secondary N) is 1. The summed E-state index contributed by atoms with van der Waals surface area (Å²) in [5.41, 5.74) is 2.79. The van der Waals surface area contributed by atoms with Gasteiger partial charge in [0.1, 0.15) is 12.1 Å². The van der Waals surface area contributed by atoms with Gasteiger partial charge in [0.15, 0.2) is 0 Å². The van der Waals surface area contributed by atoms with Crippen molar-refractivity contribution in [1.82, 2.24) is 9.97 Å². The molecule has 1 aromatic heterocycles. The zero-order chi connectivity index (χ0) is 12.4. The van der Waals surface area contributed by atoms with Gasteiger partial charge in [-0.15, -0.1) is 0 Å². The number of benzene rings is 1. The number of aryl methyl sites for hydroxylation is 1. The zero-order valence-corrected chi connectivity index (χ0v) is 9.94. The van der Waals surface area contributed by atoms with Crippen LogP contribution < -0.4 is 5.32 Å². The van der Waals surface area contributed by atoms with E-state index < -0.39 is 5.95 Å². The Labute approximate surface area is 105 Å². The van der Waals surface area contributed by atoms with E-state index in [0.717, 1.165) is 19.3 Å². The smallest absolute Gasteiger partial charge is 0.217 e. The van der Waals surface area contributed by atoms with Crippen molar-refractivity contribution in [3.8, 4) is 0 Å². The van der Waals surface area contributed by atoms with Gasteiger partial charge in [-0.3, -0.25) is 0 Å². The van der Waals surface area contributed by atoms with Crippen molar-refractivity contribution in [2.75, 3.05) is 5.32 Å². The summed E-state index contributed by atoms with van der Waals surface area (Å²) in [5.74, 6) is 0.0654. The fourth-order valence-electron chi connectivity index (χ4n) is 2.44. The monoisotopic (exact) mass is 243 g/mol. The highest BCUT2D eigenvalue weighted by atomic mass is 19.1. The predicted octanol–water partition coefficient (Wildman–Crippen LogP) is 2.59. The predicted molar refractivity (Wildman–Crippen MR) is 67.9 cm³/mol. The Balaban J connectivity index is 1.73. The number of rotatable bonds is 2. The summed E-state index contributed by atoms with van der Waals surface area (Å²) in [5, 5.41) is 3.27. The number of nitrogens with zero attached hydrogens (tertiary/aromatic N) is 2. The van der Waals surface area contributed by atoms with Crippen LogP contribution in [0.2, 0.25) is 0 Å². The summed E-state index contributed by atoms with van der Waals surface area (Å²) in [6.07, 6.45) is 4.31. The van der Waals surface area contributed by atoms with Crippen molar-refractivity contribution in [2.24, 2.45) is 0 Å². The first-order valence-corrected chi connectivity index (χ1v) is 6.12. The Kier molecular flexibility index (Phi) is 2.92. The van der Waals surface area contributed by atoms with E-state index in [1.54, 1.807) is 0 Å². The Morgan fingerprint density at radius 3 is 2.83 bits per heavy atom. The van der Waals surface area contributed by atoms with Crippen LogP contribution in [0.1, 0.15) is 17.5 Å². The molecule has 2 aromatic rings. The van der Waals surface area contributed by atoms with Crippen LogP contribution >= 0.6 is 0 Å². The average Bonchev–Trinajstić information content (AvgIpc) is 2.39. The maximum Gasteiger partial charge on any atom is 0.217 e. The van der Waals surface area contributed by atoms with Crippen molar-refractivity contribution in [1.29, 1.82) is 0 Å². The van der Waals surface area contributed by atoms with E-state index in [2.05, 4.69) is 39.6 Å². The molecule has 1 aliphatic rings. The maximum atomic E-state index is 13.0. The van der Waals surface area contributed by atoms with Crippen LogP contribution in [-0.2, 0) is 12.8 Å². The van der Waals surface area contributed by atoms with Crippen LogP contribution in [0.4, 0.5) is 10.2 Å². The number of fused-ring (bicyclic) bond motifs is 1. The SMILES string of the molecule is Fc1cc(NC2CCc3ccccc3C2)ncn1. The Morgan fingerprint density at radius 2 is 2.00 bits per heavy atom. The molecule has 0 saturated heterocycles. The summed E-state index contributed by atoms with van der Waals surface area (Å²) in [7, 11) is 0. The molecular formula is C14H14FN3. The van der Waals surface area contributed by atoms with E-state index in [0.29, 0.717) is 11.9 Å². The lowest BCUT2D eigenvalue weighted by Crippen LogP contribution is -2.27. The molecule has 0 bridgehead atoms. The average molecular weight is 243 g/mol. The minimum atomic E-state index is -0.497. The summed E-state index contributed by atoms with van der Waals surface area (Å²) < 4.78 is 13.0. The Morgan fingerprint density at radius 1 is 1.17 bits per heavy atom. The molecule has 4 heteroatoms. The molecule has 0 spiro atoms. The van der Waals surface area contributed by atoms with Gasteiger partial charge < -0.3 is 5.32 Å². The minimum absolute atomic E-state index is 0.314. The second kappa shape index (κ2) is 4.72. The summed E-state index contributed by atoms with van der Waals surface area (Å²) >= 11 is 0. The van der Waals surface area contributed by atoms with E-state index >= 15 is 0 Å². The first-order chi connectivity index (χ1) is 8.81. The van der Waals surface area contributed by atoms with E-state index in [-0.39, 0.29) is 0 Å². The third-order valence-corrected chi connectivity index (χ3v) is 3.33. The van der Waals surface area contributed by atoms with Crippen molar-refractivity contribution >= 4 is 5.82 Å². The summed E-state index contributed by atoms with van der Waals surface area (Å²) in [6.45, 7) is 0. The lowest BCUT2D eigenvalue weighted by Gasteiger charge is -2.25. The van der Waals surface area contributed by atoms with Gasteiger partial charge in [0.05, 0.1) is 0 Å². The fraction of sp³-hybridized carbons (Fsp3) is 0.286. The topological polar surface area (TPSA) is 37.8 Å². The molecule has 1 unspecified atom stereocenters. The highest BCUT2D eigenvalue weighted by Crippen LogP contribution is 2.23. The number of anilines is 1. The van der Waals surface area contributed by atoms with Gasteiger partial charge in [0.25, 0.3) is 0 Å². The molecule has 0 saturated carbocycles. The molecule has 92 valence electrons. The van der Waals surface area contributed by atoms with Gasteiger partial charge >= 0.3 is 0 Å². The molecule has 0 aliphatic heterocycles. The van der Waals surface area contributed by atoms with Gasteiger partial charge in [-0.2, -0.15) is 4.39 Å². The molecule has 1 aromatic carbocycles. The van der Waals surface area contributed by atoms with E-state index in [1.807, 2.05) is 0 Å². The van der Waals surface area contributed by atoms with Crippen molar-refractivity contribution in [3.05, 3.63) is 53.7 Å². The van der Waals surface area contributed by atoms with Crippen LogP contribution in [0.25, 0.3) is 0 Å². The van der Waals surface area contributed by atoms with Crippen molar-refractivity contribution in [3.63, 3.8) is 0 Å². The number of halogens is 1. The molecule has 0 fully saturated rings. The van der Waals surface area contributed by atoms with Gasteiger partial charge in [-0.25, -0.2) is 9.97 Å². The Hall–Kier alpha value is -1.97. The highest BCUT2D eigenvalue weighted by Gasteiger charge is 2.18. The third kappa shape index (κ3) is 2.32. The lowest BCUT2D eigenvalue weighted by atomic mass is 9.88. The van der Waals surface area contributed by atoms with Crippen LogP contribution in [0.5, 0.6) is 0 Å². The molecule has 0 radical (unpaired) electrons. The first kappa shape index (κ1) is 11.1. The molecule has 3 nitrogen and oxygen atoms in total. The van der Waals surface area contributed by atoms with E-state index in [4.69, 9.17) is 0 Å². The van der Waals surface area contributed by atoms with E-state index in [9.17, 15) is 4.39 Å². The molecule has 18 heavy (non-hydrogen) atoms. The quantitative estimate of drug-likeness (QED) is 0.824. The summed E-state index contributed by atoms with van der Waals surface area (Å²) in [6, 6.07) is 10.1.